The molecule has 0 aromatic rings. The van der Waals surface area contributed by atoms with Crippen molar-refractivity contribution >= 4 is 0 Å². The van der Waals surface area contributed by atoms with Gasteiger partial charge in [0.15, 0.2) is 0 Å². The standard InChI is InChI=1S/C13H26O/c1-3-4-5-6-7-8-9-10-11-13(2)12-14-13/h3-12H2,1-2H3. The zero-order valence-corrected chi connectivity index (χ0v) is 9.98. The first kappa shape index (κ1) is 12.0. The molecule has 1 heterocycles. The summed E-state index contributed by atoms with van der Waals surface area (Å²) in [5, 5.41) is 0. The van der Waals surface area contributed by atoms with Crippen molar-refractivity contribution in [1.29, 1.82) is 0 Å². The Morgan fingerprint density at radius 2 is 1.43 bits per heavy atom. The van der Waals surface area contributed by atoms with Crippen molar-refractivity contribution in [2.45, 2.75) is 77.2 Å². The summed E-state index contributed by atoms with van der Waals surface area (Å²) >= 11 is 0. The van der Waals surface area contributed by atoms with Gasteiger partial charge in [0, 0.05) is 0 Å². The van der Waals surface area contributed by atoms with E-state index in [0.29, 0.717) is 5.60 Å². The molecule has 1 atom stereocenters. The minimum absolute atomic E-state index is 0.294. The summed E-state index contributed by atoms with van der Waals surface area (Å²) in [6, 6.07) is 0. The Morgan fingerprint density at radius 3 is 1.93 bits per heavy atom. The van der Waals surface area contributed by atoms with Crippen molar-refractivity contribution in [2.24, 2.45) is 0 Å². The fourth-order valence-electron chi connectivity index (χ4n) is 1.90. The van der Waals surface area contributed by atoms with Gasteiger partial charge in [-0.2, -0.15) is 0 Å². The lowest BCUT2D eigenvalue weighted by molar-refractivity contribution is 0.301. The van der Waals surface area contributed by atoms with E-state index in [1.165, 1.54) is 57.8 Å². The second kappa shape index (κ2) is 6.44. The molecule has 1 unspecified atom stereocenters. The van der Waals surface area contributed by atoms with Crippen LogP contribution in [0, 0.1) is 0 Å². The van der Waals surface area contributed by atoms with E-state index in [4.69, 9.17) is 4.74 Å². The Labute approximate surface area is 89.2 Å². The predicted molar refractivity (Wildman–Crippen MR) is 61.6 cm³/mol. The van der Waals surface area contributed by atoms with Gasteiger partial charge in [0.1, 0.15) is 0 Å². The quantitative estimate of drug-likeness (QED) is 0.397. The summed E-state index contributed by atoms with van der Waals surface area (Å²) in [6.45, 7) is 5.51. The van der Waals surface area contributed by atoms with Crippen LogP contribution in [0.4, 0.5) is 0 Å². The largest absolute Gasteiger partial charge is 0.370 e. The molecule has 1 aliphatic rings. The fourth-order valence-corrected chi connectivity index (χ4v) is 1.90. The molecule has 0 saturated carbocycles. The molecule has 0 aromatic heterocycles. The van der Waals surface area contributed by atoms with Gasteiger partial charge in [-0.25, -0.2) is 0 Å². The molecule has 0 amide bonds. The highest BCUT2D eigenvalue weighted by molar-refractivity contribution is 4.86. The maximum Gasteiger partial charge on any atom is 0.0888 e. The van der Waals surface area contributed by atoms with Gasteiger partial charge in [0.25, 0.3) is 0 Å². The molecule has 84 valence electrons. The average Bonchev–Trinajstić information content (AvgIpc) is 2.89. The van der Waals surface area contributed by atoms with Crippen LogP contribution in [0.15, 0.2) is 0 Å². The summed E-state index contributed by atoms with van der Waals surface area (Å²) in [4.78, 5) is 0. The van der Waals surface area contributed by atoms with E-state index in [9.17, 15) is 0 Å². The molecule has 1 fully saturated rings. The molecule has 1 aliphatic heterocycles. The van der Waals surface area contributed by atoms with Crippen LogP contribution in [0.25, 0.3) is 0 Å². The highest BCUT2D eigenvalue weighted by atomic mass is 16.6. The second-order valence-electron chi connectivity index (χ2n) is 4.96. The molecular formula is C13H26O. The molecule has 0 bridgehead atoms. The highest BCUT2D eigenvalue weighted by Crippen LogP contribution is 2.31. The summed E-state index contributed by atoms with van der Waals surface area (Å²) in [5.74, 6) is 0. The van der Waals surface area contributed by atoms with Gasteiger partial charge >= 0.3 is 0 Å². The Kier molecular flexibility index (Phi) is 5.54. The van der Waals surface area contributed by atoms with Crippen LogP contribution in [0.2, 0.25) is 0 Å². The summed E-state index contributed by atoms with van der Waals surface area (Å²) in [7, 11) is 0. The van der Waals surface area contributed by atoms with Crippen LogP contribution in [0.5, 0.6) is 0 Å². The van der Waals surface area contributed by atoms with Gasteiger partial charge in [0.05, 0.1) is 12.2 Å². The van der Waals surface area contributed by atoms with Gasteiger partial charge in [-0.05, 0) is 13.3 Å². The van der Waals surface area contributed by atoms with E-state index in [-0.39, 0.29) is 0 Å². The minimum atomic E-state index is 0.294. The van der Waals surface area contributed by atoms with E-state index in [0.717, 1.165) is 6.61 Å². The fraction of sp³-hybridized carbons (Fsp3) is 1.00. The molecule has 14 heavy (non-hydrogen) atoms. The number of hydrogen-bond acceptors (Lipinski definition) is 1. The lowest BCUT2D eigenvalue weighted by Crippen LogP contribution is -2.02. The second-order valence-corrected chi connectivity index (χ2v) is 4.96. The van der Waals surface area contributed by atoms with E-state index in [2.05, 4.69) is 13.8 Å². The molecule has 1 nitrogen and oxygen atoms in total. The topological polar surface area (TPSA) is 12.5 Å². The van der Waals surface area contributed by atoms with Crippen molar-refractivity contribution < 1.29 is 4.74 Å². The molecule has 0 aliphatic carbocycles. The summed E-state index contributed by atoms with van der Waals surface area (Å²) in [5.41, 5.74) is 0.294. The van der Waals surface area contributed by atoms with Crippen LogP contribution in [-0.4, -0.2) is 12.2 Å². The van der Waals surface area contributed by atoms with E-state index < -0.39 is 0 Å². The van der Waals surface area contributed by atoms with Gasteiger partial charge in [-0.1, -0.05) is 58.3 Å². The first-order chi connectivity index (χ1) is 6.77. The molecule has 0 aromatic carbocycles. The Balaban J connectivity index is 1.72. The Morgan fingerprint density at radius 1 is 0.929 bits per heavy atom. The SMILES string of the molecule is CCCCCCCCCCC1(C)CO1. The third kappa shape index (κ3) is 5.64. The first-order valence-corrected chi connectivity index (χ1v) is 6.41. The van der Waals surface area contributed by atoms with Crippen LogP contribution in [0.1, 0.15) is 71.6 Å². The monoisotopic (exact) mass is 198 g/mol. The third-order valence-electron chi connectivity index (χ3n) is 3.20. The number of rotatable bonds is 9. The van der Waals surface area contributed by atoms with Gasteiger partial charge in [0.2, 0.25) is 0 Å². The first-order valence-electron chi connectivity index (χ1n) is 6.41. The molecular weight excluding hydrogens is 172 g/mol. The average molecular weight is 198 g/mol. The summed E-state index contributed by atoms with van der Waals surface area (Å²) < 4.78 is 5.36. The highest BCUT2D eigenvalue weighted by Gasteiger charge is 2.37. The number of unbranched alkanes of at least 4 members (excludes halogenated alkanes) is 7. The minimum Gasteiger partial charge on any atom is -0.370 e. The molecule has 0 spiro atoms. The van der Waals surface area contributed by atoms with Crippen molar-refractivity contribution in [3.05, 3.63) is 0 Å². The lowest BCUT2D eigenvalue weighted by atomic mass is 10.0. The number of epoxide rings is 1. The van der Waals surface area contributed by atoms with Crippen molar-refractivity contribution in [3.63, 3.8) is 0 Å². The smallest absolute Gasteiger partial charge is 0.0888 e. The van der Waals surface area contributed by atoms with Crippen LogP contribution in [0.3, 0.4) is 0 Å². The maximum absolute atomic E-state index is 5.36. The maximum atomic E-state index is 5.36. The zero-order valence-electron chi connectivity index (χ0n) is 9.98. The van der Waals surface area contributed by atoms with Gasteiger partial charge in [-0.3, -0.25) is 0 Å². The molecule has 0 radical (unpaired) electrons. The van der Waals surface area contributed by atoms with E-state index >= 15 is 0 Å². The van der Waals surface area contributed by atoms with E-state index in [1.807, 2.05) is 0 Å². The molecule has 1 rings (SSSR count). The van der Waals surface area contributed by atoms with Crippen molar-refractivity contribution in [3.8, 4) is 0 Å². The Hall–Kier alpha value is -0.0400. The molecule has 1 heteroatoms. The van der Waals surface area contributed by atoms with Crippen molar-refractivity contribution in [2.75, 3.05) is 6.61 Å². The normalized spacial score (nSPS) is 25.3. The predicted octanol–water partition coefficient (Wildman–Crippen LogP) is 4.31. The Bertz CT molecular complexity index is 138. The van der Waals surface area contributed by atoms with Crippen molar-refractivity contribution in [1.82, 2.24) is 0 Å². The van der Waals surface area contributed by atoms with Crippen LogP contribution in [-0.2, 0) is 4.74 Å². The number of ether oxygens (including phenoxy) is 1. The molecule has 1 saturated heterocycles. The van der Waals surface area contributed by atoms with E-state index in [1.54, 1.807) is 0 Å². The van der Waals surface area contributed by atoms with Gasteiger partial charge < -0.3 is 4.74 Å². The zero-order chi connectivity index (χ0) is 10.3. The van der Waals surface area contributed by atoms with Crippen LogP contribution >= 0.6 is 0 Å². The van der Waals surface area contributed by atoms with Crippen LogP contribution < -0.4 is 0 Å². The number of hydrogen-bond donors (Lipinski definition) is 0. The van der Waals surface area contributed by atoms with Gasteiger partial charge in [-0.15, -0.1) is 0 Å². The third-order valence-corrected chi connectivity index (χ3v) is 3.20. The lowest BCUT2D eigenvalue weighted by Gasteiger charge is -2.04. The molecule has 0 N–H and O–H groups in total. The summed E-state index contributed by atoms with van der Waals surface area (Å²) in [6.07, 6.45) is 12.6.